The molecule has 0 saturated heterocycles. The number of carboxylic acid groups (broad SMARTS) is 1. The highest BCUT2D eigenvalue weighted by Crippen LogP contribution is 2.29. The van der Waals surface area contributed by atoms with Crippen LogP contribution in [0, 0.1) is 6.92 Å². The monoisotopic (exact) mass is 260 g/mol. The van der Waals surface area contributed by atoms with Crippen LogP contribution in [0.3, 0.4) is 0 Å². The summed E-state index contributed by atoms with van der Waals surface area (Å²) in [7, 11) is 0. The summed E-state index contributed by atoms with van der Waals surface area (Å²) in [6, 6.07) is 3.35. The second kappa shape index (κ2) is 3.88. The molecule has 0 aliphatic heterocycles. The zero-order valence-electron chi connectivity index (χ0n) is 9.36. The molecule has 0 amide bonds. The summed E-state index contributed by atoms with van der Waals surface area (Å²) in [6.07, 6.45) is 3.24. The van der Waals surface area contributed by atoms with Crippen molar-refractivity contribution in [3.63, 3.8) is 0 Å². The molecule has 3 rings (SSSR count). The van der Waals surface area contributed by atoms with Crippen molar-refractivity contribution in [1.82, 2.24) is 19.7 Å². The van der Waals surface area contributed by atoms with Gasteiger partial charge < -0.3 is 5.11 Å². The lowest BCUT2D eigenvalue weighted by molar-refractivity contribution is 0.0702. The number of carbonyl (C=O) groups is 1. The van der Waals surface area contributed by atoms with E-state index in [1.807, 2.05) is 6.92 Å². The van der Waals surface area contributed by atoms with Gasteiger partial charge in [-0.05, 0) is 19.1 Å². The fourth-order valence-electron chi connectivity index (χ4n) is 1.69. The largest absolute Gasteiger partial charge is 0.477 e. The Morgan fingerprint density at radius 1 is 1.39 bits per heavy atom. The van der Waals surface area contributed by atoms with Gasteiger partial charge in [-0.1, -0.05) is 0 Å². The molecule has 0 saturated carbocycles. The molecule has 0 fully saturated rings. The maximum absolute atomic E-state index is 11.0. The van der Waals surface area contributed by atoms with Crippen molar-refractivity contribution in [2.24, 2.45) is 0 Å². The van der Waals surface area contributed by atoms with E-state index in [1.54, 1.807) is 29.2 Å². The number of carboxylic acids is 1. The Morgan fingerprint density at radius 2 is 2.11 bits per heavy atom. The van der Waals surface area contributed by atoms with Crippen LogP contribution in [0.5, 0.6) is 0 Å². The van der Waals surface area contributed by atoms with Crippen molar-refractivity contribution in [2.45, 2.75) is 6.92 Å². The van der Waals surface area contributed by atoms with E-state index < -0.39 is 5.97 Å². The van der Waals surface area contributed by atoms with E-state index in [9.17, 15) is 4.79 Å². The van der Waals surface area contributed by atoms with Gasteiger partial charge in [0.15, 0.2) is 0 Å². The van der Waals surface area contributed by atoms with Gasteiger partial charge in [-0.3, -0.25) is 0 Å². The Morgan fingerprint density at radius 3 is 2.78 bits per heavy atom. The van der Waals surface area contributed by atoms with Crippen LogP contribution >= 0.6 is 11.3 Å². The van der Waals surface area contributed by atoms with E-state index in [2.05, 4.69) is 15.1 Å². The smallest absolute Gasteiger partial charge is 0.345 e. The van der Waals surface area contributed by atoms with Crippen molar-refractivity contribution in [3.05, 3.63) is 35.1 Å². The number of hydrogen-bond donors (Lipinski definition) is 1. The van der Waals surface area contributed by atoms with Gasteiger partial charge in [0, 0.05) is 17.8 Å². The lowest BCUT2D eigenvalue weighted by atomic mass is 10.3. The number of aromatic carboxylic acids is 1. The molecule has 0 aliphatic carbocycles. The Hall–Kier alpha value is -2.28. The number of fused-ring (bicyclic) bond motifs is 1. The van der Waals surface area contributed by atoms with E-state index >= 15 is 0 Å². The maximum Gasteiger partial charge on any atom is 0.345 e. The highest BCUT2D eigenvalue weighted by Gasteiger charge is 2.17. The van der Waals surface area contributed by atoms with Crippen molar-refractivity contribution >= 4 is 27.5 Å². The molecule has 0 radical (unpaired) electrons. The molecule has 0 aromatic carbocycles. The molecule has 0 atom stereocenters. The average Bonchev–Trinajstić information content (AvgIpc) is 2.92. The second-order valence-corrected chi connectivity index (χ2v) is 4.71. The lowest BCUT2D eigenvalue weighted by Crippen LogP contribution is -2.01. The third-order valence-corrected chi connectivity index (χ3v) is 3.60. The Labute approximate surface area is 106 Å². The minimum absolute atomic E-state index is 0.287. The molecule has 6 nitrogen and oxygen atoms in total. The van der Waals surface area contributed by atoms with Gasteiger partial charge in [-0.2, -0.15) is 9.78 Å². The molecular weight excluding hydrogens is 252 g/mol. The maximum atomic E-state index is 11.0. The minimum atomic E-state index is -0.934. The second-order valence-electron chi connectivity index (χ2n) is 3.68. The third kappa shape index (κ3) is 1.56. The highest BCUT2D eigenvalue weighted by atomic mass is 32.1. The van der Waals surface area contributed by atoms with E-state index in [4.69, 9.17) is 5.11 Å². The van der Waals surface area contributed by atoms with E-state index in [0.717, 1.165) is 15.9 Å². The fourth-order valence-corrected chi connectivity index (χ4v) is 2.69. The van der Waals surface area contributed by atoms with Gasteiger partial charge >= 0.3 is 5.97 Å². The minimum Gasteiger partial charge on any atom is -0.477 e. The molecule has 7 heteroatoms. The van der Waals surface area contributed by atoms with Gasteiger partial charge in [-0.25, -0.2) is 14.8 Å². The first-order chi connectivity index (χ1) is 8.66. The Kier molecular flexibility index (Phi) is 2.34. The molecule has 0 unspecified atom stereocenters. The van der Waals surface area contributed by atoms with Crippen LogP contribution in [0.15, 0.2) is 24.5 Å². The molecule has 0 spiro atoms. The molecule has 18 heavy (non-hydrogen) atoms. The van der Waals surface area contributed by atoms with E-state index in [-0.39, 0.29) is 4.88 Å². The van der Waals surface area contributed by atoms with Gasteiger partial charge in [-0.15, -0.1) is 11.3 Å². The highest BCUT2D eigenvalue weighted by molar-refractivity contribution is 7.20. The lowest BCUT2D eigenvalue weighted by Gasteiger charge is -1.97. The quantitative estimate of drug-likeness (QED) is 0.760. The van der Waals surface area contributed by atoms with Gasteiger partial charge in [0.1, 0.15) is 9.71 Å². The summed E-state index contributed by atoms with van der Waals surface area (Å²) in [4.78, 5) is 20.2. The predicted molar refractivity (Wildman–Crippen MR) is 66.2 cm³/mol. The molecule has 3 aromatic heterocycles. The zero-order valence-corrected chi connectivity index (χ0v) is 10.2. The van der Waals surface area contributed by atoms with Crippen LogP contribution in [-0.4, -0.2) is 30.8 Å². The number of nitrogens with zero attached hydrogens (tertiary/aromatic N) is 4. The first-order valence-electron chi connectivity index (χ1n) is 5.16. The topological polar surface area (TPSA) is 80.9 Å². The third-order valence-electron chi connectivity index (χ3n) is 2.50. The van der Waals surface area contributed by atoms with Crippen LogP contribution in [0.25, 0.3) is 16.2 Å². The molecule has 90 valence electrons. The molecule has 1 N–H and O–H groups in total. The van der Waals surface area contributed by atoms with Gasteiger partial charge in [0.25, 0.3) is 5.95 Å². The Bertz CT molecular complexity index is 732. The van der Waals surface area contributed by atoms with Crippen LogP contribution in [0.2, 0.25) is 0 Å². The number of aryl methyl sites for hydroxylation is 1. The fraction of sp³-hybridized carbons (Fsp3) is 0.0909. The summed E-state index contributed by atoms with van der Waals surface area (Å²) in [6.45, 7) is 1.83. The summed E-state index contributed by atoms with van der Waals surface area (Å²) in [5.74, 6) is -0.495. The normalized spacial score (nSPS) is 10.9. The summed E-state index contributed by atoms with van der Waals surface area (Å²) in [5.41, 5.74) is 0.765. The average molecular weight is 260 g/mol. The summed E-state index contributed by atoms with van der Waals surface area (Å²) < 4.78 is 1.57. The number of hydrogen-bond acceptors (Lipinski definition) is 5. The van der Waals surface area contributed by atoms with Crippen LogP contribution in [-0.2, 0) is 0 Å². The molecule has 0 bridgehead atoms. The van der Waals surface area contributed by atoms with Crippen LogP contribution < -0.4 is 0 Å². The molecular formula is C11H8N4O2S. The molecule has 0 aliphatic rings. The first kappa shape index (κ1) is 10.8. The van der Waals surface area contributed by atoms with Gasteiger partial charge in [0.05, 0.1) is 5.69 Å². The summed E-state index contributed by atoms with van der Waals surface area (Å²) in [5, 5.41) is 14.2. The van der Waals surface area contributed by atoms with Crippen molar-refractivity contribution in [1.29, 1.82) is 0 Å². The van der Waals surface area contributed by atoms with E-state index in [0.29, 0.717) is 5.95 Å². The summed E-state index contributed by atoms with van der Waals surface area (Å²) >= 11 is 1.17. The first-order valence-corrected chi connectivity index (χ1v) is 5.98. The van der Waals surface area contributed by atoms with Crippen molar-refractivity contribution in [3.8, 4) is 5.95 Å². The van der Waals surface area contributed by atoms with Gasteiger partial charge in [0.2, 0.25) is 0 Å². The number of thiophene rings is 1. The Balaban J connectivity index is 2.27. The standard InChI is InChI=1S/C11H8N4O2S/c1-6-7-5-8(10(16)17)18-9(7)15(14-6)11-12-3-2-4-13-11/h2-5H,1H3,(H,16,17). The van der Waals surface area contributed by atoms with Crippen LogP contribution in [0.1, 0.15) is 15.4 Å². The van der Waals surface area contributed by atoms with Crippen molar-refractivity contribution < 1.29 is 9.90 Å². The predicted octanol–water partition coefficient (Wildman–Crippen LogP) is 1.88. The molecule has 3 heterocycles. The molecule has 3 aromatic rings. The van der Waals surface area contributed by atoms with Crippen molar-refractivity contribution in [2.75, 3.05) is 0 Å². The van der Waals surface area contributed by atoms with E-state index in [1.165, 1.54) is 11.3 Å². The number of rotatable bonds is 2. The zero-order chi connectivity index (χ0) is 12.7. The number of aromatic nitrogens is 4. The van der Waals surface area contributed by atoms with Crippen LogP contribution in [0.4, 0.5) is 0 Å². The SMILES string of the molecule is Cc1nn(-c2ncccn2)c2sc(C(=O)O)cc12.